The zero-order valence-corrected chi connectivity index (χ0v) is 28.2. The van der Waals surface area contributed by atoms with Crippen LogP contribution in [0, 0.1) is 12.1 Å². The Morgan fingerprint density at radius 3 is 2.31 bits per heavy atom. The van der Waals surface area contributed by atoms with Crippen molar-refractivity contribution in [2.45, 2.75) is 13.1 Å². The molecule has 3 heterocycles. The average Bonchev–Trinajstić information content (AvgIpc) is 3.65. The van der Waals surface area contributed by atoms with E-state index in [1.165, 1.54) is 4.90 Å². The number of hydrogen-bond acceptors (Lipinski definition) is 3. The van der Waals surface area contributed by atoms with Crippen LogP contribution in [-0.2, 0) is 21.1 Å². The van der Waals surface area contributed by atoms with Gasteiger partial charge in [0.05, 0.1) is 26.1 Å². The van der Waals surface area contributed by atoms with Crippen LogP contribution in [-0.4, -0.2) is 31.3 Å². The summed E-state index contributed by atoms with van der Waals surface area (Å²) in [6, 6.07) is 49.0. The van der Waals surface area contributed by atoms with Crippen molar-refractivity contribution in [3.63, 3.8) is 0 Å². The van der Waals surface area contributed by atoms with Crippen molar-refractivity contribution in [1.82, 2.24) is 9.55 Å². The van der Waals surface area contributed by atoms with Gasteiger partial charge in [-0.25, -0.2) is 4.98 Å². The first kappa shape index (κ1) is 25.8. The number of aromatic nitrogens is 2. The largest absolute Gasteiger partial charge is 2.00 e. The van der Waals surface area contributed by atoms with Gasteiger partial charge in [0.25, 0.3) is 0 Å². The van der Waals surface area contributed by atoms with Crippen LogP contribution in [0.4, 0.5) is 17.1 Å². The van der Waals surface area contributed by atoms with E-state index in [1.54, 1.807) is 0 Å². The quantitative estimate of drug-likeness (QED) is 0.132. The molecule has 2 aromatic heterocycles. The number of pyridine rings is 1. The summed E-state index contributed by atoms with van der Waals surface area (Å²) < 4.78 is 26.6. The number of hydrogen-bond donors (Lipinski definition) is 0. The van der Waals surface area contributed by atoms with Crippen LogP contribution in [0.1, 0.15) is 4.11 Å². The average molecular weight is 783 g/mol. The van der Waals surface area contributed by atoms with E-state index in [0.717, 1.165) is 60.5 Å². The van der Waals surface area contributed by atoms with Gasteiger partial charge in [-0.05, 0) is 46.8 Å². The minimum Gasteiger partial charge on any atom is -0.355 e. The van der Waals surface area contributed by atoms with E-state index in [9.17, 15) is 0 Å². The summed E-state index contributed by atoms with van der Waals surface area (Å²) in [7, 11) is -2.33. The third-order valence-electron chi connectivity index (χ3n) is 8.83. The maximum atomic E-state index is 8.13. The molecule has 5 aromatic carbocycles. The first-order valence-electron chi connectivity index (χ1n) is 16.3. The summed E-state index contributed by atoms with van der Waals surface area (Å²) in [5.74, 6) is 0.852. The Labute approximate surface area is 284 Å². The summed E-state index contributed by atoms with van der Waals surface area (Å²) in [6.07, 6.45) is 1.88. The Bertz CT molecular complexity index is 2280. The van der Waals surface area contributed by atoms with Crippen LogP contribution >= 0.6 is 0 Å². The summed E-state index contributed by atoms with van der Waals surface area (Å²) >= 11 is 0. The van der Waals surface area contributed by atoms with E-state index in [-0.39, 0.29) is 27.7 Å². The van der Waals surface area contributed by atoms with Gasteiger partial charge in [-0.2, -0.15) is 46.8 Å². The molecule has 0 aliphatic carbocycles. The fourth-order valence-electron chi connectivity index (χ4n) is 6.39. The van der Waals surface area contributed by atoms with Gasteiger partial charge >= 0.3 is 21.1 Å². The molecule has 0 atom stereocenters. The Kier molecular flexibility index (Phi) is 6.59. The Hall–Kier alpha value is -4.44. The van der Waals surface area contributed by atoms with Crippen molar-refractivity contribution < 1.29 is 25.2 Å². The molecule has 8 rings (SSSR count). The van der Waals surface area contributed by atoms with Gasteiger partial charge in [-0.3, -0.25) is 0 Å². The Balaban J connectivity index is 0.00000364. The zero-order chi connectivity index (χ0) is 32.3. The minimum absolute atomic E-state index is 0. The van der Waals surface area contributed by atoms with E-state index in [2.05, 4.69) is 115 Å². The number of nitrogens with zero attached hydrogens (tertiary/aromatic N) is 4. The number of rotatable bonds is 5. The van der Waals surface area contributed by atoms with Crippen LogP contribution in [0.25, 0.3) is 38.8 Å². The number of para-hydroxylation sites is 3. The number of anilines is 3. The molecule has 7 aromatic rings. The van der Waals surface area contributed by atoms with Crippen LogP contribution in [0.5, 0.6) is 0 Å². The predicted molar refractivity (Wildman–Crippen MR) is 187 cm³/mol. The molecule has 0 saturated carbocycles. The fourth-order valence-corrected chi connectivity index (χ4v) is 8.56. The molecule has 45 heavy (non-hydrogen) atoms. The van der Waals surface area contributed by atoms with Gasteiger partial charge in [-0.1, -0.05) is 85.0 Å². The third kappa shape index (κ3) is 4.91. The van der Waals surface area contributed by atoms with E-state index < -0.39 is 15.0 Å². The minimum atomic E-state index is -2.33. The van der Waals surface area contributed by atoms with Gasteiger partial charge in [-0.15, -0.1) is 11.5 Å². The molecule has 1 aliphatic heterocycles. The summed E-state index contributed by atoms with van der Waals surface area (Å²) in [4.78, 5) is 8.38. The predicted octanol–water partition coefficient (Wildman–Crippen LogP) is 7.81. The van der Waals surface area contributed by atoms with Crippen molar-refractivity contribution in [3.05, 3.63) is 140 Å². The smallest absolute Gasteiger partial charge is 0.355 e. The summed E-state index contributed by atoms with van der Waals surface area (Å²) in [5.41, 5.74) is 6.79. The molecule has 0 bridgehead atoms. The molecule has 6 heteroatoms. The zero-order valence-electron chi connectivity index (χ0n) is 27.9. The van der Waals surface area contributed by atoms with Gasteiger partial charge in [0.1, 0.15) is 5.82 Å². The summed E-state index contributed by atoms with van der Waals surface area (Å²) in [6.45, 7) is 2.65. The van der Waals surface area contributed by atoms with Crippen LogP contribution in [0.15, 0.2) is 128 Å². The van der Waals surface area contributed by atoms with E-state index in [1.807, 2.05) is 47.5 Å². The monoisotopic (exact) mass is 782 g/mol. The van der Waals surface area contributed by atoms with E-state index >= 15 is 0 Å². The van der Waals surface area contributed by atoms with Crippen molar-refractivity contribution in [2.24, 2.45) is 0 Å². The number of fused-ring (bicyclic) bond motifs is 4. The molecule has 0 fully saturated rings. The molecule has 0 radical (unpaired) electrons. The topological polar surface area (TPSA) is 24.3 Å². The second kappa shape index (κ2) is 11.5. The SMILES string of the molecule is [2H]C([2H])([2H])N1CN(c2[c-]c([Si](C)(C)c3[c-]c4c(cc3)c3ccccc3n4-c3cc(-c4ccccc4)ccn3)ccc2)c2ccccc21.[Pt+2]. The van der Waals surface area contributed by atoms with Gasteiger partial charge in [0.2, 0.25) is 0 Å². The molecular formula is C39H32N4PtSi. The number of benzene rings is 5. The molecule has 0 saturated heterocycles. The van der Waals surface area contributed by atoms with Gasteiger partial charge in [0, 0.05) is 22.8 Å². The molecule has 0 amide bonds. The molecule has 0 N–H and O–H groups in total. The standard InChI is InChI=1S/C39H32N4Si.Pt/c1-41-27-42(37-19-10-9-18-36(37)41)30-14-11-15-31(25-30)44(2,3)32-20-21-34-33-16-7-8-17-35(33)43(38(34)26-32)39-24-29(22-23-40-39)28-12-5-4-6-13-28;/h4-24H,27H2,1-3H3;/q-2;+2/i1D3;. The molecular weight excluding hydrogens is 748 g/mol. The first-order valence-corrected chi connectivity index (χ1v) is 17.8. The Morgan fingerprint density at radius 2 is 1.47 bits per heavy atom. The van der Waals surface area contributed by atoms with Gasteiger partial charge < -0.3 is 14.4 Å². The molecule has 4 nitrogen and oxygen atoms in total. The second-order valence-electron chi connectivity index (χ2n) is 11.8. The van der Waals surface area contributed by atoms with Crippen LogP contribution in [0.3, 0.4) is 0 Å². The maximum absolute atomic E-state index is 8.13. The maximum Gasteiger partial charge on any atom is 2.00 e. The van der Waals surface area contributed by atoms with Crippen molar-refractivity contribution in [2.75, 3.05) is 23.4 Å². The fraction of sp³-hybridized carbons (Fsp3) is 0.103. The third-order valence-corrected chi connectivity index (χ3v) is 12.1. The molecule has 222 valence electrons. The first-order chi connectivity index (χ1) is 22.7. The molecule has 0 spiro atoms. The Morgan fingerprint density at radius 1 is 0.711 bits per heavy atom. The van der Waals surface area contributed by atoms with E-state index in [4.69, 9.17) is 9.10 Å². The van der Waals surface area contributed by atoms with Crippen molar-refractivity contribution >= 4 is 57.3 Å². The molecule has 1 aliphatic rings. The van der Waals surface area contributed by atoms with Gasteiger partial charge in [0.15, 0.2) is 0 Å². The van der Waals surface area contributed by atoms with Crippen molar-refractivity contribution in [3.8, 4) is 16.9 Å². The van der Waals surface area contributed by atoms with Crippen LogP contribution in [0.2, 0.25) is 13.1 Å². The van der Waals surface area contributed by atoms with E-state index in [0.29, 0.717) is 5.69 Å². The normalized spacial score (nSPS) is 14.1. The van der Waals surface area contributed by atoms with Crippen LogP contribution < -0.4 is 20.2 Å². The second-order valence-corrected chi connectivity index (χ2v) is 16.1. The molecule has 0 unspecified atom stereocenters. The summed E-state index contributed by atoms with van der Waals surface area (Å²) in [5, 5.41) is 4.59. The van der Waals surface area contributed by atoms with Crippen molar-refractivity contribution in [1.29, 1.82) is 0 Å².